The maximum Gasteiger partial charge on any atom is 0.261 e. The number of para-hydroxylation sites is 1. The maximum atomic E-state index is 12.6. The smallest absolute Gasteiger partial charge is 0.261 e. The molecule has 0 unspecified atom stereocenters. The molecular formula is C19H25N3O4S. The van der Waals surface area contributed by atoms with Gasteiger partial charge in [-0.3, -0.25) is 9.52 Å². The molecule has 0 aliphatic heterocycles. The summed E-state index contributed by atoms with van der Waals surface area (Å²) in [6.07, 6.45) is 0. The molecule has 0 aliphatic carbocycles. The molecule has 1 atom stereocenters. The van der Waals surface area contributed by atoms with E-state index < -0.39 is 10.0 Å². The lowest BCUT2D eigenvalue weighted by molar-refractivity contribution is 0.0951. The lowest BCUT2D eigenvalue weighted by Gasteiger charge is -2.15. The average Bonchev–Trinajstić information content (AvgIpc) is 2.66. The van der Waals surface area contributed by atoms with Crippen LogP contribution in [0.2, 0.25) is 0 Å². The molecule has 2 aromatic rings. The number of nitrogens with one attached hydrogen (secondary N) is 3. The van der Waals surface area contributed by atoms with E-state index >= 15 is 0 Å². The first kappa shape index (κ1) is 20.7. The highest BCUT2D eigenvalue weighted by molar-refractivity contribution is 7.92. The predicted octanol–water partition coefficient (Wildman–Crippen LogP) is 2.22. The van der Waals surface area contributed by atoms with Gasteiger partial charge in [0.25, 0.3) is 15.9 Å². The Hall–Kier alpha value is -2.58. The molecule has 27 heavy (non-hydrogen) atoms. The van der Waals surface area contributed by atoms with E-state index in [1.807, 2.05) is 13.8 Å². The van der Waals surface area contributed by atoms with Crippen molar-refractivity contribution >= 4 is 21.6 Å². The molecular weight excluding hydrogens is 366 g/mol. The zero-order valence-corrected chi connectivity index (χ0v) is 16.5. The molecule has 0 aromatic heterocycles. The zero-order valence-electron chi connectivity index (χ0n) is 15.7. The third-order valence-corrected chi connectivity index (χ3v) is 5.29. The van der Waals surface area contributed by atoms with Crippen LogP contribution in [-0.4, -0.2) is 40.6 Å². The Kier molecular flexibility index (Phi) is 7.20. The SMILES string of the molecule is CCN[C@H](C)CNC(=O)c1ccccc1NS(=O)(=O)c1ccc(OC)cc1. The number of rotatable bonds is 9. The van der Waals surface area contributed by atoms with Gasteiger partial charge in [-0.05, 0) is 49.9 Å². The number of carbonyl (C=O) groups excluding carboxylic acids is 1. The number of amides is 1. The normalized spacial score (nSPS) is 12.3. The van der Waals surface area contributed by atoms with E-state index in [1.54, 1.807) is 36.4 Å². The Morgan fingerprint density at radius 1 is 1.11 bits per heavy atom. The maximum absolute atomic E-state index is 12.6. The van der Waals surface area contributed by atoms with Gasteiger partial charge in [-0.2, -0.15) is 0 Å². The van der Waals surface area contributed by atoms with Crippen molar-refractivity contribution in [2.24, 2.45) is 0 Å². The number of likely N-dealkylation sites (N-methyl/N-ethyl adjacent to an activating group) is 1. The average molecular weight is 391 g/mol. The first-order chi connectivity index (χ1) is 12.9. The molecule has 0 bridgehead atoms. The number of benzene rings is 2. The number of hydrogen-bond acceptors (Lipinski definition) is 5. The van der Waals surface area contributed by atoms with Gasteiger partial charge in [-0.1, -0.05) is 19.1 Å². The number of hydrogen-bond donors (Lipinski definition) is 3. The van der Waals surface area contributed by atoms with Crippen molar-refractivity contribution in [3.05, 3.63) is 54.1 Å². The quantitative estimate of drug-likeness (QED) is 0.609. The molecule has 0 saturated heterocycles. The second kappa shape index (κ2) is 9.38. The third kappa shape index (κ3) is 5.70. The topological polar surface area (TPSA) is 96.5 Å². The summed E-state index contributed by atoms with van der Waals surface area (Å²) < 4.78 is 32.8. The van der Waals surface area contributed by atoms with Gasteiger partial charge in [0.15, 0.2) is 0 Å². The first-order valence-electron chi connectivity index (χ1n) is 8.65. The minimum absolute atomic E-state index is 0.0827. The molecule has 8 heteroatoms. The molecule has 0 fully saturated rings. The minimum atomic E-state index is -3.83. The molecule has 0 radical (unpaired) electrons. The van der Waals surface area contributed by atoms with Gasteiger partial charge in [0, 0.05) is 12.6 Å². The fourth-order valence-electron chi connectivity index (χ4n) is 2.49. The first-order valence-corrected chi connectivity index (χ1v) is 10.1. The summed E-state index contributed by atoms with van der Waals surface area (Å²) in [5.41, 5.74) is 0.486. The van der Waals surface area contributed by atoms with Crippen LogP contribution in [0.15, 0.2) is 53.4 Å². The summed E-state index contributed by atoms with van der Waals surface area (Å²) in [4.78, 5) is 12.6. The van der Waals surface area contributed by atoms with Gasteiger partial charge in [-0.25, -0.2) is 8.42 Å². The van der Waals surface area contributed by atoms with Crippen LogP contribution < -0.4 is 20.1 Å². The van der Waals surface area contributed by atoms with Crippen molar-refractivity contribution < 1.29 is 17.9 Å². The van der Waals surface area contributed by atoms with Crippen LogP contribution in [-0.2, 0) is 10.0 Å². The highest BCUT2D eigenvalue weighted by Crippen LogP contribution is 2.21. The van der Waals surface area contributed by atoms with Crippen LogP contribution in [0, 0.1) is 0 Å². The second-order valence-electron chi connectivity index (χ2n) is 6.00. The van der Waals surface area contributed by atoms with Crippen LogP contribution in [0.3, 0.4) is 0 Å². The largest absolute Gasteiger partial charge is 0.497 e. The van der Waals surface area contributed by atoms with Gasteiger partial charge in [0.05, 0.1) is 23.3 Å². The van der Waals surface area contributed by atoms with Gasteiger partial charge >= 0.3 is 0 Å². The standard InChI is InChI=1S/C19H25N3O4S/c1-4-20-14(2)13-21-19(23)17-7-5-6-8-18(17)22-27(24,25)16-11-9-15(26-3)10-12-16/h5-12,14,20,22H,4,13H2,1-3H3,(H,21,23)/t14-/m1/s1. The number of methoxy groups -OCH3 is 1. The van der Waals surface area contributed by atoms with E-state index in [9.17, 15) is 13.2 Å². The fraction of sp³-hybridized carbons (Fsp3) is 0.316. The second-order valence-corrected chi connectivity index (χ2v) is 7.68. The third-order valence-electron chi connectivity index (χ3n) is 3.91. The summed E-state index contributed by atoms with van der Waals surface area (Å²) in [5, 5.41) is 6.01. The fourth-order valence-corrected chi connectivity index (χ4v) is 3.57. The zero-order chi connectivity index (χ0) is 19.9. The summed E-state index contributed by atoms with van der Waals surface area (Å²) in [5.74, 6) is 0.219. The van der Waals surface area contributed by atoms with Crippen molar-refractivity contribution in [1.82, 2.24) is 10.6 Å². The number of ether oxygens (including phenoxy) is 1. The molecule has 7 nitrogen and oxygen atoms in total. The van der Waals surface area contributed by atoms with Crippen LogP contribution in [0.5, 0.6) is 5.75 Å². The van der Waals surface area contributed by atoms with Gasteiger partial charge in [0.2, 0.25) is 0 Å². The highest BCUT2D eigenvalue weighted by atomic mass is 32.2. The number of carbonyl (C=O) groups is 1. The van der Waals surface area contributed by atoms with Gasteiger partial charge < -0.3 is 15.4 Å². The highest BCUT2D eigenvalue weighted by Gasteiger charge is 2.19. The van der Waals surface area contributed by atoms with Crippen molar-refractivity contribution in [2.45, 2.75) is 24.8 Å². The van der Waals surface area contributed by atoms with Crippen LogP contribution in [0.25, 0.3) is 0 Å². The van der Waals surface area contributed by atoms with Crippen LogP contribution in [0.1, 0.15) is 24.2 Å². The van der Waals surface area contributed by atoms with E-state index in [0.717, 1.165) is 6.54 Å². The summed E-state index contributed by atoms with van der Waals surface area (Å²) in [7, 11) is -2.32. The Bertz CT molecular complexity index is 867. The molecule has 0 spiro atoms. The van der Waals surface area contributed by atoms with E-state index in [4.69, 9.17) is 4.74 Å². The molecule has 3 N–H and O–H groups in total. The van der Waals surface area contributed by atoms with Crippen LogP contribution >= 0.6 is 0 Å². The van der Waals surface area contributed by atoms with E-state index in [-0.39, 0.29) is 28.1 Å². The number of anilines is 1. The summed E-state index contributed by atoms with van der Waals surface area (Å²) >= 11 is 0. The Labute approximate surface area is 160 Å². The number of sulfonamides is 1. The van der Waals surface area contributed by atoms with Crippen molar-refractivity contribution in [1.29, 1.82) is 0 Å². The van der Waals surface area contributed by atoms with Gasteiger partial charge in [-0.15, -0.1) is 0 Å². The van der Waals surface area contributed by atoms with E-state index in [0.29, 0.717) is 12.3 Å². The van der Waals surface area contributed by atoms with E-state index in [1.165, 1.54) is 19.2 Å². The Balaban J connectivity index is 2.17. The lowest BCUT2D eigenvalue weighted by Crippen LogP contribution is -2.39. The van der Waals surface area contributed by atoms with Crippen LogP contribution in [0.4, 0.5) is 5.69 Å². The molecule has 2 rings (SSSR count). The van der Waals surface area contributed by atoms with E-state index in [2.05, 4.69) is 15.4 Å². The molecule has 2 aromatic carbocycles. The minimum Gasteiger partial charge on any atom is -0.497 e. The molecule has 1 amide bonds. The molecule has 146 valence electrons. The van der Waals surface area contributed by atoms with Gasteiger partial charge in [0.1, 0.15) is 5.75 Å². The summed E-state index contributed by atoms with van der Waals surface area (Å²) in [6, 6.07) is 12.6. The Morgan fingerprint density at radius 2 is 1.78 bits per heavy atom. The predicted molar refractivity (Wildman–Crippen MR) is 106 cm³/mol. The van der Waals surface area contributed by atoms with Crippen molar-refractivity contribution in [3.63, 3.8) is 0 Å². The summed E-state index contributed by atoms with van der Waals surface area (Å²) in [6.45, 7) is 5.19. The molecule has 0 heterocycles. The molecule has 0 aliphatic rings. The molecule has 0 saturated carbocycles. The van der Waals surface area contributed by atoms with Crippen molar-refractivity contribution in [2.75, 3.05) is 24.9 Å². The van der Waals surface area contributed by atoms with Crippen molar-refractivity contribution in [3.8, 4) is 5.75 Å². The monoisotopic (exact) mass is 391 g/mol. The Morgan fingerprint density at radius 3 is 2.41 bits per heavy atom. The lowest BCUT2D eigenvalue weighted by atomic mass is 10.1.